The second-order valence-electron chi connectivity index (χ2n) is 5.68. The molecular formula is C19H22FNO2. The quantitative estimate of drug-likeness (QED) is 0.880. The normalized spacial score (nSPS) is 17.4. The van der Waals surface area contributed by atoms with Crippen molar-refractivity contribution in [1.29, 1.82) is 0 Å². The molecule has 3 nitrogen and oxygen atoms in total. The zero-order valence-corrected chi connectivity index (χ0v) is 13.3. The predicted molar refractivity (Wildman–Crippen MR) is 89.1 cm³/mol. The van der Waals surface area contributed by atoms with Crippen molar-refractivity contribution >= 4 is 0 Å². The summed E-state index contributed by atoms with van der Waals surface area (Å²) >= 11 is 0. The Labute approximate surface area is 136 Å². The van der Waals surface area contributed by atoms with Gasteiger partial charge in [0.25, 0.3) is 0 Å². The van der Waals surface area contributed by atoms with E-state index in [2.05, 4.69) is 5.32 Å². The van der Waals surface area contributed by atoms with Crippen LogP contribution in [0.2, 0.25) is 0 Å². The van der Waals surface area contributed by atoms with E-state index in [4.69, 9.17) is 9.47 Å². The lowest BCUT2D eigenvalue weighted by molar-refractivity contribution is 0.0543. The summed E-state index contributed by atoms with van der Waals surface area (Å²) in [6, 6.07) is 12.7. The molecule has 1 unspecified atom stereocenters. The molecule has 1 heterocycles. The standard InChI is InChI=1S/C19H22FNO2/c1-2-22-17-6-3-14(4-7-17)19-8-5-16(20)11-15(19)13-23-18-9-10-21-12-18/h3-8,11,18,21H,2,9-10,12-13H2,1H3. The number of hydrogen-bond acceptors (Lipinski definition) is 3. The van der Waals surface area contributed by atoms with Gasteiger partial charge in [-0.2, -0.15) is 0 Å². The topological polar surface area (TPSA) is 30.5 Å². The first-order chi connectivity index (χ1) is 11.3. The molecule has 0 aliphatic carbocycles. The first-order valence-corrected chi connectivity index (χ1v) is 8.10. The van der Waals surface area contributed by atoms with Crippen LogP contribution in [0.15, 0.2) is 42.5 Å². The average Bonchev–Trinajstić information content (AvgIpc) is 3.08. The van der Waals surface area contributed by atoms with Crippen molar-refractivity contribution in [3.63, 3.8) is 0 Å². The highest BCUT2D eigenvalue weighted by Crippen LogP contribution is 2.27. The minimum Gasteiger partial charge on any atom is -0.494 e. The average molecular weight is 315 g/mol. The molecule has 1 aliphatic rings. The molecule has 1 N–H and O–H groups in total. The Morgan fingerprint density at radius 2 is 2.00 bits per heavy atom. The zero-order valence-electron chi connectivity index (χ0n) is 13.3. The van der Waals surface area contributed by atoms with Gasteiger partial charge in [0.1, 0.15) is 11.6 Å². The molecule has 1 saturated heterocycles. The summed E-state index contributed by atoms with van der Waals surface area (Å²) in [6.07, 6.45) is 1.22. The molecule has 0 bridgehead atoms. The van der Waals surface area contributed by atoms with Crippen molar-refractivity contribution in [2.75, 3.05) is 19.7 Å². The van der Waals surface area contributed by atoms with E-state index in [0.717, 1.165) is 42.0 Å². The number of benzene rings is 2. The van der Waals surface area contributed by atoms with E-state index in [1.54, 1.807) is 6.07 Å². The maximum atomic E-state index is 13.6. The zero-order chi connectivity index (χ0) is 16.1. The van der Waals surface area contributed by atoms with Gasteiger partial charge in [-0.3, -0.25) is 0 Å². The van der Waals surface area contributed by atoms with Crippen LogP contribution >= 0.6 is 0 Å². The molecule has 0 amide bonds. The van der Waals surface area contributed by atoms with Crippen molar-refractivity contribution in [3.8, 4) is 16.9 Å². The molecule has 1 fully saturated rings. The molecule has 4 heteroatoms. The lowest BCUT2D eigenvalue weighted by Crippen LogP contribution is -2.16. The molecule has 122 valence electrons. The lowest BCUT2D eigenvalue weighted by Gasteiger charge is -2.14. The summed E-state index contributed by atoms with van der Waals surface area (Å²) in [6.45, 7) is 4.88. The van der Waals surface area contributed by atoms with Gasteiger partial charge in [0.05, 0.1) is 19.3 Å². The Morgan fingerprint density at radius 3 is 2.70 bits per heavy atom. The van der Waals surface area contributed by atoms with Gasteiger partial charge in [0, 0.05) is 6.54 Å². The SMILES string of the molecule is CCOc1ccc(-c2ccc(F)cc2COC2CCNC2)cc1. The maximum Gasteiger partial charge on any atom is 0.123 e. The fraction of sp³-hybridized carbons (Fsp3) is 0.368. The second-order valence-corrected chi connectivity index (χ2v) is 5.68. The van der Waals surface area contributed by atoms with Crippen LogP contribution in [-0.4, -0.2) is 25.8 Å². The molecule has 1 aliphatic heterocycles. The molecule has 23 heavy (non-hydrogen) atoms. The molecular weight excluding hydrogens is 293 g/mol. The number of ether oxygens (including phenoxy) is 2. The van der Waals surface area contributed by atoms with Gasteiger partial charge < -0.3 is 14.8 Å². The first-order valence-electron chi connectivity index (χ1n) is 8.10. The minimum atomic E-state index is -0.233. The molecule has 0 saturated carbocycles. The number of rotatable bonds is 6. The molecule has 0 radical (unpaired) electrons. The lowest BCUT2D eigenvalue weighted by atomic mass is 10.00. The molecule has 2 aromatic rings. The Kier molecular flexibility index (Phi) is 5.26. The van der Waals surface area contributed by atoms with Gasteiger partial charge in [-0.25, -0.2) is 4.39 Å². The highest BCUT2D eigenvalue weighted by Gasteiger charge is 2.16. The summed E-state index contributed by atoms with van der Waals surface area (Å²) in [5.74, 6) is 0.607. The van der Waals surface area contributed by atoms with Gasteiger partial charge in [-0.15, -0.1) is 0 Å². The van der Waals surface area contributed by atoms with Crippen LogP contribution < -0.4 is 10.1 Å². The van der Waals surface area contributed by atoms with Crippen LogP contribution in [0, 0.1) is 5.82 Å². The summed E-state index contributed by atoms with van der Waals surface area (Å²) in [7, 11) is 0. The highest BCUT2D eigenvalue weighted by atomic mass is 19.1. The van der Waals surface area contributed by atoms with Crippen molar-refractivity contribution < 1.29 is 13.9 Å². The van der Waals surface area contributed by atoms with Crippen LogP contribution in [-0.2, 0) is 11.3 Å². The van der Waals surface area contributed by atoms with Crippen LogP contribution in [0.4, 0.5) is 4.39 Å². The summed E-state index contributed by atoms with van der Waals surface area (Å²) < 4.78 is 25.0. The third kappa shape index (κ3) is 4.09. The fourth-order valence-electron chi connectivity index (χ4n) is 2.84. The Morgan fingerprint density at radius 1 is 1.17 bits per heavy atom. The van der Waals surface area contributed by atoms with Crippen molar-refractivity contribution in [3.05, 3.63) is 53.8 Å². The summed E-state index contributed by atoms with van der Waals surface area (Å²) in [5, 5.41) is 3.27. The summed E-state index contributed by atoms with van der Waals surface area (Å²) in [4.78, 5) is 0. The fourth-order valence-corrected chi connectivity index (χ4v) is 2.84. The number of hydrogen-bond donors (Lipinski definition) is 1. The number of halogens is 1. The third-order valence-corrected chi connectivity index (χ3v) is 4.03. The minimum absolute atomic E-state index is 0.214. The first kappa shape index (κ1) is 16.0. The van der Waals surface area contributed by atoms with Crippen LogP contribution in [0.1, 0.15) is 18.9 Å². The van der Waals surface area contributed by atoms with Gasteiger partial charge in [-0.05, 0) is 60.8 Å². The van der Waals surface area contributed by atoms with Gasteiger partial charge in [0.15, 0.2) is 0 Å². The molecule has 2 aromatic carbocycles. The van der Waals surface area contributed by atoms with Gasteiger partial charge in [0.2, 0.25) is 0 Å². The van der Waals surface area contributed by atoms with E-state index in [-0.39, 0.29) is 11.9 Å². The molecule has 0 aromatic heterocycles. The van der Waals surface area contributed by atoms with Crippen molar-refractivity contribution in [1.82, 2.24) is 5.32 Å². The van der Waals surface area contributed by atoms with E-state index in [1.807, 2.05) is 37.3 Å². The smallest absolute Gasteiger partial charge is 0.123 e. The molecule has 3 rings (SSSR count). The summed E-state index contributed by atoms with van der Waals surface area (Å²) in [5.41, 5.74) is 2.91. The monoisotopic (exact) mass is 315 g/mol. The highest BCUT2D eigenvalue weighted by molar-refractivity contribution is 5.68. The largest absolute Gasteiger partial charge is 0.494 e. The molecule has 1 atom stereocenters. The number of nitrogens with one attached hydrogen (secondary N) is 1. The predicted octanol–water partition coefficient (Wildman–Crippen LogP) is 3.77. The van der Waals surface area contributed by atoms with Crippen LogP contribution in [0.25, 0.3) is 11.1 Å². The van der Waals surface area contributed by atoms with Gasteiger partial charge in [-0.1, -0.05) is 18.2 Å². The van der Waals surface area contributed by atoms with Crippen molar-refractivity contribution in [2.24, 2.45) is 0 Å². The molecule has 0 spiro atoms. The van der Waals surface area contributed by atoms with E-state index in [1.165, 1.54) is 6.07 Å². The van der Waals surface area contributed by atoms with E-state index in [0.29, 0.717) is 13.2 Å². The van der Waals surface area contributed by atoms with E-state index in [9.17, 15) is 4.39 Å². The Balaban J connectivity index is 1.79. The maximum absolute atomic E-state index is 13.6. The van der Waals surface area contributed by atoms with Crippen molar-refractivity contribution in [2.45, 2.75) is 26.1 Å². The van der Waals surface area contributed by atoms with E-state index < -0.39 is 0 Å². The second kappa shape index (κ2) is 7.57. The van der Waals surface area contributed by atoms with Crippen LogP contribution in [0.5, 0.6) is 5.75 Å². The third-order valence-electron chi connectivity index (χ3n) is 4.03. The van der Waals surface area contributed by atoms with E-state index >= 15 is 0 Å². The Bertz CT molecular complexity index is 636. The van der Waals surface area contributed by atoms with Gasteiger partial charge >= 0.3 is 0 Å². The Hall–Kier alpha value is -1.91. The van der Waals surface area contributed by atoms with Crippen LogP contribution in [0.3, 0.4) is 0 Å².